The molecular weight excluding hydrogens is 478 g/mol. The zero-order chi connectivity index (χ0) is 26.5. The Morgan fingerprint density at radius 3 is 2.39 bits per heavy atom. The normalized spacial score (nSPS) is 10.7. The summed E-state index contributed by atoms with van der Waals surface area (Å²) in [5.74, 6) is 0.412. The third-order valence-corrected chi connectivity index (χ3v) is 6.22. The highest BCUT2D eigenvalue weighted by molar-refractivity contribution is 5.82. The maximum Gasteiger partial charge on any atom is 0.213 e. The zero-order valence-corrected chi connectivity index (χ0v) is 20.7. The summed E-state index contributed by atoms with van der Waals surface area (Å²) < 4.78 is 7.58. The van der Waals surface area contributed by atoms with Crippen LogP contribution < -0.4 is 4.74 Å². The first-order valence-corrected chi connectivity index (χ1v) is 12.2. The number of hydrogen-bond acceptors (Lipinski definition) is 7. The molecular formula is C30H25N5O3. The van der Waals surface area contributed by atoms with E-state index in [9.17, 15) is 10.2 Å². The van der Waals surface area contributed by atoms with Gasteiger partial charge in [0.1, 0.15) is 23.8 Å². The van der Waals surface area contributed by atoms with Crippen molar-refractivity contribution in [3.63, 3.8) is 0 Å². The number of aromatic hydroxyl groups is 2. The van der Waals surface area contributed by atoms with Crippen LogP contribution in [0.1, 0.15) is 29.2 Å². The van der Waals surface area contributed by atoms with Crippen molar-refractivity contribution in [2.45, 2.75) is 26.5 Å². The van der Waals surface area contributed by atoms with Crippen LogP contribution in [0.15, 0.2) is 85.1 Å². The number of hydrogen-bond donors (Lipinski definition) is 2. The molecule has 2 aromatic heterocycles. The van der Waals surface area contributed by atoms with E-state index in [1.54, 1.807) is 35.1 Å². The number of pyridine rings is 1. The van der Waals surface area contributed by atoms with Crippen LogP contribution >= 0.6 is 0 Å². The van der Waals surface area contributed by atoms with E-state index in [1.807, 2.05) is 55.5 Å². The number of phenolic OH excluding ortho intramolecular Hbond substituents is 2. The van der Waals surface area contributed by atoms with Gasteiger partial charge in [-0.3, -0.25) is 0 Å². The standard InChI is InChI=1S/C30H25N5O3/c1-2-23-14-25(27(37)15-26(23)36)29-30(35(34-33-29)18-21-10-8-20(16-31)9-11-21)24-12-13-28(32-17-24)38-19-22-6-4-3-5-7-22/h3-15,17,36-37H,2,18-19H2,1H3. The molecule has 0 saturated heterocycles. The Morgan fingerprint density at radius 2 is 1.71 bits per heavy atom. The molecule has 0 aliphatic rings. The highest BCUT2D eigenvalue weighted by Crippen LogP contribution is 2.39. The van der Waals surface area contributed by atoms with Gasteiger partial charge in [0.25, 0.3) is 0 Å². The van der Waals surface area contributed by atoms with Crippen molar-refractivity contribution in [2.24, 2.45) is 0 Å². The molecule has 0 fully saturated rings. The van der Waals surface area contributed by atoms with Gasteiger partial charge >= 0.3 is 0 Å². The molecule has 0 aliphatic carbocycles. The molecule has 0 spiro atoms. The first-order valence-electron chi connectivity index (χ1n) is 12.2. The lowest BCUT2D eigenvalue weighted by atomic mass is 10.0. The van der Waals surface area contributed by atoms with Crippen molar-refractivity contribution >= 4 is 0 Å². The monoisotopic (exact) mass is 503 g/mol. The number of phenols is 2. The van der Waals surface area contributed by atoms with Crippen molar-refractivity contribution in [1.29, 1.82) is 5.26 Å². The summed E-state index contributed by atoms with van der Waals surface area (Å²) in [4.78, 5) is 4.50. The molecule has 38 heavy (non-hydrogen) atoms. The van der Waals surface area contributed by atoms with E-state index >= 15 is 0 Å². The van der Waals surface area contributed by atoms with Gasteiger partial charge < -0.3 is 14.9 Å². The summed E-state index contributed by atoms with van der Waals surface area (Å²) >= 11 is 0. The van der Waals surface area contributed by atoms with Gasteiger partial charge in [-0.2, -0.15) is 5.26 Å². The van der Waals surface area contributed by atoms with Crippen LogP contribution in [0.25, 0.3) is 22.5 Å². The Morgan fingerprint density at radius 1 is 0.921 bits per heavy atom. The summed E-state index contributed by atoms with van der Waals surface area (Å²) in [6.07, 6.45) is 2.28. The van der Waals surface area contributed by atoms with Crippen LogP contribution in [0.3, 0.4) is 0 Å². The maximum absolute atomic E-state index is 10.7. The van der Waals surface area contributed by atoms with Crippen molar-refractivity contribution < 1.29 is 14.9 Å². The molecule has 5 rings (SSSR count). The Balaban J connectivity index is 1.53. The van der Waals surface area contributed by atoms with E-state index in [1.165, 1.54) is 6.07 Å². The van der Waals surface area contributed by atoms with Gasteiger partial charge in [-0.1, -0.05) is 54.6 Å². The first kappa shape index (κ1) is 24.5. The number of rotatable bonds is 8. The SMILES string of the molecule is CCc1cc(-c2nnn(Cc3ccc(C#N)cc3)c2-c2ccc(OCc3ccccc3)nc2)c(O)cc1O. The minimum atomic E-state index is -0.0952. The molecule has 3 aromatic carbocycles. The third kappa shape index (κ3) is 5.18. The highest BCUT2D eigenvalue weighted by Gasteiger charge is 2.21. The fourth-order valence-electron chi connectivity index (χ4n) is 4.18. The number of aromatic nitrogens is 4. The predicted molar refractivity (Wildman–Crippen MR) is 142 cm³/mol. The van der Waals surface area contributed by atoms with Crippen molar-refractivity contribution in [3.05, 3.63) is 107 Å². The summed E-state index contributed by atoms with van der Waals surface area (Å²) in [7, 11) is 0. The number of ether oxygens (including phenoxy) is 1. The molecule has 0 unspecified atom stereocenters. The average Bonchev–Trinajstić information content (AvgIpc) is 3.36. The third-order valence-electron chi connectivity index (χ3n) is 6.22. The number of nitriles is 1. The van der Waals surface area contributed by atoms with Gasteiger partial charge in [0.05, 0.1) is 23.9 Å². The van der Waals surface area contributed by atoms with Gasteiger partial charge in [0, 0.05) is 29.5 Å². The van der Waals surface area contributed by atoms with E-state index in [-0.39, 0.29) is 11.5 Å². The molecule has 2 heterocycles. The molecule has 0 amide bonds. The van der Waals surface area contributed by atoms with Gasteiger partial charge in [0.2, 0.25) is 5.88 Å². The second-order valence-corrected chi connectivity index (χ2v) is 8.76. The molecule has 0 aliphatic heterocycles. The maximum atomic E-state index is 10.7. The summed E-state index contributed by atoms with van der Waals surface area (Å²) in [6.45, 7) is 2.72. The molecule has 5 aromatic rings. The van der Waals surface area contributed by atoms with E-state index < -0.39 is 0 Å². The smallest absolute Gasteiger partial charge is 0.213 e. The van der Waals surface area contributed by atoms with E-state index in [2.05, 4.69) is 21.4 Å². The molecule has 0 bridgehead atoms. The van der Waals surface area contributed by atoms with Gasteiger partial charge in [-0.05, 0) is 47.4 Å². The van der Waals surface area contributed by atoms with Gasteiger partial charge in [-0.15, -0.1) is 5.10 Å². The Kier molecular flexibility index (Phi) is 7.00. The fraction of sp³-hybridized carbons (Fsp3) is 0.133. The average molecular weight is 504 g/mol. The van der Waals surface area contributed by atoms with Gasteiger partial charge in [0.15, 0.2) is 0 Å². The fourth-order valence-corrected chi connectivity index (χ4v) is 4.18. The lowest BCUT2D eigenvalue weighted by molar-refractivity contribution is 0.294. The lowest BCUT2D eigenvalue weighted by Crippen LogP contribution is -2.05. The first-order chi connectivity index (χ1) is 18.6. The van der Waals surface area contributed by atoms with Crippen molar-refractivity contribution in [3.8, 4) is 46.0 Å². The van der Waals surface area contributed by atoms with Crippen LogP contribution in [0.2, 0.25) is 0 Å². The molecule has 2 N–H and O–H groups in total. The van der Waals surface area contributed by atoms with E-state index in [4.69, 9.17) is 10.00 Å². The van der Waals surface area contributed by atoms with Crippen LogP contribution in [0, 0.1) is 11.3 Å². The largest absolute Gasteiger partial charge is 0.508 e. The molecule has 8 nitrogen and oxygen atoms in total. The summed E-state index contributed by atoms with van der Waals surface area (Å²) in [5, 5.41) is 38.8. The van der Waals surface area contributed by atoms with Crippen LogP contribution in [0.5, 0.6) is 17.4 Å². The molecule has 0 saturated carbocycles. The topological polar surface area (TPSA) is 117 Å². The second-order valence-electron chi connectivity index (χ2n) is 8.76. The zero-order valence-electron chi connectivity index (χ0n) is 20.7. The Labute approximate surface area is 220 Å². The quantitative estimate of drug-likeness (QED) is 0.288. The molecule has 188 valence electrons. The van der Waals surface area contributed by atoms with Gasteiger partial charge in [-0.25, -0.2) is 9.67 Å². The summed E-state index contributed by atoms with van der Waals surface area (Å²) in [6, 6.07) is 26.0. The molecule has 8 heteroatoms. The van der Waals surface area contributed by atoms with E-state index in [0.29, 0.717) is 53.5 Å². The Hall–Kier alpha value is -5.16. The Bertz CT molecular complexity index is 1590. The second kappa shape index (κ2) is 10.8. The van der Waals surface area contributed by atoms with Crippen LogP contribution in [-0.4, -0.2) is 30.2 Å². The van der Waals surface area contributed by atoms with Crippen LogP contribution in [0.4, 0.5) is 0 Å². The van der Waals surface area contributed by atoms with Crippen molar-refractivity contribution in [1.82, 2.24) is 20.0 Å². The molecule has 0 atom stereocenters. The summed E-state index contributed by atoms with van der Waals surface area (Å²) in [5.41, 5.74) is 5.55. The number of aryl methyl sites for hydroxylation is 1. The van der Waals surface area contributed by atoms with Crippen molar-refractivity contribution in [2.75, 3.05) is 0 Å². The number of nitrogens with zero attached hydrogens (tertiary/aromatic N) is 5. The highest BCUT2D eigenvalue weighted by atomic mass is 16.5. The number of benzene rings is 3. The predicted octanol–water partition coefficient (Wildman–Crippen LogP) is 5.48. The van der Waals surface area contributed by atoms with E-state index in [0.717, 1.165) is 16.7 Å². The minimum absolute atomic E-state index is 0.0295. The minimum Gasteiger partial charge on any atom is -0.508 e. The lowest BCUT2D eigenvalue weighted by Gasteiger charge is -2.12. The van der Waals surface area contributed by atoms with Crippen LogP contribution in [-0.2, 0) is 19.6 Å². The molecule has 0 radical (unpaired) electrons.